The molecule has 0 radical (unpaired) electrons. The standard InChI is InChI=1S/C13H24O4/c1-3-5-6-8-13(16)17-11(7-4-2)9-10-12(14)15/h11H,3-10H2,1-2H3,(H,14,15). The van der Waals surface area contributed by atoms with Crippen molar-refractivity contribution in [2.75, 3.05) is 0 Å². The first kappa shape index (κ1) is 15.9. The first-order chi connectivity index (χ1) is 8.10. The second-order valence-corrected chi connectivity index (χ2v) is 4.29. The van der Waals surface area contributed by atoms with Gasteiger partial charge in [-0.3, -0.25) is 9.59 Å². The summed E-state index contributed by atoms with van der Waals surface area (Å²) >= 11 is 0. The maximum Gasteiger partial charge on any atom is 0.306 e. The SMILES string of the molecule is CCCCCC(=O)OC(CCC)CCC(=O)O. The van der Waals surface area contributed by atoms with Crippen LogP contribution >= 0.6 is 0 Å². The summed E-state index contributed by atoms with van der Waals surface area (Å²) in [5.41, 5.74) is 0. The van der Waals surface area contributed by atoms with Crippen molar-refractivity contribution in [3.8, 4) is 0 Å². The topological polar surface area (TPSA) is 63.6 Å². The average molecular weight is 244 g/mol. The molecular formula is C13H24O4. The number of carboxylic acid groups (broad SMARTS) is 1. The number of carboxylic acids is 1. The van der Waals surface area contributed by atoms with Crippen molar-refractivity contribution in [2.24, 2.45) is 0 Å². The van der Waals surface area contributed by atoms with Crippen LogP contribution in [0.2, 0.25) is 0 Å². The van der Waals surface area contributed by atoms with Crippen molar-refractivity contribution in [3.63, 3.8) is 0 Å². The van der Waals surface area contributed by atoms with Crippen molar-refractivity contribution >= 4 is 11.9 Å². The van der Waals surface area contributed by atoms with Gasteiger partial charge in [0.1, 0.15) is 6.10 Å². The van der Waals surface area contributed by atoms with Gasteiger partial charge in [-0.15, -0.1) is 0 Å². The molecule has 0 aromatic heterocycles. The third-order valence-electron chi connectivity index (χ3n) is 2.57. The van der Waals surface area contributed by atoms with E-state index >= 15 is 0 Å². The normalized spacial score (nSPS) is 12.1. The Labute approximate surface area is 103 Å². The molecule has 0 aliphatic heterocycles. The minimum absolute atomic E-state index is 0.0624. The minimum atomic E-state index is -0.840. The third kappa shape index (κ3) is 9.85. The molecule has 17 heavy (non-hydrogen) atoms. The van der Waals surface area contributed by atoms with Gasteiger partial charge in [0.15, 0.2) is 0 Å². The van der Waals surface area contributed by atoms with Gasteiger partial charge in [0.2, 0.25) is 0 Å². The van der Waals surface area contributed by atoms with E-state index in [1.165, 1.54) is 0 Å². The number of rotatable bonds is 10. The van der Waals surface area contributed by atoms with E-state index in [0.717, 1.165) is 32.1 Å². The molecule has 0 bridgehead atoms. The molecular weight excluding hydrogens is 220 g/mol. The molecule has 0 rings (SSSR count). The average Bonchev–Trinajstić information content (AvgIpc) is 2.26. The van der Waals surface area contributed by atoms with Crippen molar-refractivity contribution in [1.29, 1.82) is 0 Å². The largest absolute Gasteiger partial charge is 0.481 e. The molecule has 0 saturated carbocycles. The molecule has 0 fully saturated rings. The second kappa shape index (κ2) is 10.1. The van der Waals surface area contributed by atoms with E-state index in [1.807, 2.05) is 6.92 Å². The van der Waals surface area contributed by atoms with Gasteiger partial charge in [0, 0.05) is 12.8 Å². The van der Waals surface area contributed by atoms with Crippen LogP contribution in [0.3, 0.4) is 0 Å². The monoisotopic (exact) mass is 244 g/mol. The fourth-order valence-electron chi connectivity index (χ4n) is 1.63. The summed E-state index contributed by atoms with van der Waals surface area (Å²) in [4.78, 5) is 21.9. The van der Waals surface area contributed by atoms with Crippen LogP contribution in [-0.4, -0.2) is 23.1 Å². The number of unbranched alkanes of at least 4 members (excludes halogenated alkanes) is 2. The lowest BCUT2D eigenvalue weighted by Gasteiger charge is -2.16. The van der Waals surface area contributed by atoms with E-state index in [2.05, 4.69) is 6.92 Å². The Hall–Kier alpha value is -1.06. The smallest absolute Gasteiger partial charge is 0.306 e. The fourth-order valence-corrected chi connectivity index (χ4v) is 1.63. The van der Waals surface area contributed by atoms with E-state index in [4.69, 9.17) is 9.84 Å². The Kier molecular flexibility index (Phi) is 9.49. The number of esters is 1. The zero-order valence-corrected chi connectivity index (χ0v) is 10.9. The first-order valence-corrected chi connectivity index (χ1v) is 6.51. The van der Waals surface area contributed by atoms with Crippen molar-refractivity contribution in [1.82, 2.24) is 0 Å². The molecule has 1 unspecified atom stereocenters. The van der Waals surface area contributed by atoms with E-state index in [1.54, 1.807) is 0 Å². The van der Waals surface area contributed by atoms with Crippen LogP contribution in [0.5, 0.6) is 0 Å². The lowest BCUT2D eigenvalue weighted by molar-refractivity contribution is -0.151. The lowest BCUT2D eigenvalue weighted by Crippen LogP contribution is -2.19. The zero-order valence-electron chi connectivity index (χ0n) is 10.9. The molecule has 0 heterocycles. The zero-order chi connectivity index (χ0) is 13.1. The molecule has 0 spiro atoms. The van der Waals surface area contributed by atoms with Gasteiger partial charge in [0.05, 0.1) is 0 Å². The molecule has 0 aliphatic rings. The van der Waals surface area contributed by atoms with E-state index in [0.29, 0.717) is 12.8 Å². The lowest BCUT2D eigenvalue weighted by atomic mass is 10.1. The van der Waals surface area contributed by atoms with Crippen LogP contribution in [0.1, 0.15) is 65.2 Å². The number of carbonyl (C=O) groups is 2. The maximum atomic E-state index is 11.5. The van der Waals surface area contributed by atoms with E-state index in [9.17, 15) is 9.59 Å². The summed E-state index contributed by atoms with van der Waals surface area (Å²) in [6.45, 7) is 4.08. The molecule has 1 N–H and O–H groups in total. The first-order valence-electron chi connectivity index (χ1n) is 6.51. The Balaban J connectivity index is 3.88. The summed E-state index contributed by atoms with van der Waals surface area (Å²) in [5, 5.41) is 8.60. The number of hydrogen-bond acceptors (Lipinski definition) is 3. The Morgan fingerprint density at radius 2 is 1.76 bits per heavy atom. The Bertz CT molecular complexity index is 225. The molecule has 0 aromatic rings. The highest BCUT2D eigenvalue weighted by molar-refractivity contribution is 5.69. The second-order valence-electron chi connectivity index (χ2n) is 4.29. The summed E-state index contributed by atoms with van der Waals surface area (Å²) in [6.07, 6.45) is 5.29. The van der Waals surface area contributed by atoms with Crippen LogP contribution in [0.25, 0.3) is 0 Å². The van der Waals surface area contributed by atoms with Crippen LogP contribution < -0.4 is 0 Å². The summed E-state index contributed by atoms with van der Waals surface area (Å²) in [5.74, 6) is -1.03. The highest BCUT2D eigenvalue weighted by atomic mass is 16.5. The molecule has 1 atom stereocenters. The van der Waals surface area contributed by atoms with Gasteiger partial charge in [0.25, 0.3) is 0 Å². The summed E-state index contributed by atoms with van der Waals surface area (Å²) in [6, 6.07) is 0. The van der Waals surface area contributed by atoms with Gasteiger partial charge in [-0.05, 0) is 19.3 Å². The minimum Gasteiger partial charge on any atom is -0.481 e. The highest BCUT2D eigenvalue weighted by Gasteiger charge is 2.14. The van der Waals surface area contributed by atoms with Crippen LogP contribution in [0.15, 0.2) is 0 Å². The van der Waals surface area contributed by atoms with Crippen LogP contribution in [0.4, 0.5) is 0 Å². The molecule has 4 nitrogen and oxygen atoms in total. The number of hydrogen-bond donors (Lipinski definition) is 1. The van der Waals surface area contributed by atoms with Gasteiger partial charge in [-0.2, -0.15) is 0 Å². The fraction of sp³-hybridized carbons (Fsp3) is 0.846. The number of aliphatic carboxylic acids is 1. The molecule has 100 valence electrons. The number of ether oxygens (including phenoxy) is 1. The Morgan fingerprint density at radius 1 is 1.06 bits per heavy atom. The molecule has 4 heteroatoms. The van der Waals surface area contributed by atoms with E-state index in [-0.39, 0.29) is 18.5 Å². The quantitative estimate of drug-likeness (QED) is 0.473. The van der Waals surface area contributed by atoms with Crippen molar-refractivity contribution in [3.05, 3.63) is 0 Å². The van der Waals surface area contributed by atoms with Crippen LogP contribution in [-0.2, 0) is 14.3 Å². The van der Waals surface area contributed by atoms with Gasteiger partial charge >= 0.3 is 11.9 Å². The Morgan fingerprint density at radius 3 is 2.29 bits per heavy atom. The van der Waals surface area contributed by atoms with Crippen molar-refractivity contribution in [2.45, 2.75) is 71.3 Å². The van der Waals surface area contributed by atoms with Gasteiger partial charge in [-0.25, -0.2) is 0 Å². The molecule has 0 amide bonds. The maximum absolute atomic E-state index is 11.5. The van der Waals surface area contributed by atoms with Gasteiger partial charge < -0.3 is 9.84 Å². The van der Waals surface area contributed by atoms with Crippen LogP contribution in [0, 0.1) is 0 Å². The highest BCUT2D eigenvalue weighted by Crippen LogP contribution is 2.12. The van der Waals surface area contributed by atoms with Crippen molar-refractivity contribution < 1.29 is 19.4 Å². The third-order valence-corrected chi connectivity index (χ3v) is 2.57. The summed E-state index contributed by atoms with van der Waals surface area (Å²) < 4.78 is 5.29. The molecule has 0 saturated heterocycles. The summed E-state index contributed by atoms with van der Waals surface area (Å²) in [7, 11) is 0. The van der Waals surface area contributed by atoms with Gasteiger partial charge in [-0.1, -0.05) is 33.1 Å². The predicted molar refractivity (Wildman–Crippen MR) is 65.8 cm³/mol. The predicted octanol–water partition coefficient (Wildman–Crippen LogP) is 3.14. The van der Waals surface area contributed by atoms with E-state index < -0.39 is 5.97 Å². The molecule has 0 aliphatic carbocycles. The number of carbonyl (C=O) groups excluding carboxylic acids is 1. The molecule has 0 aromatic carbocycles.